The molecule has 3 heterocycles. The largest absolute Gasteiger partial charge is 0.337 e. The molecule has 1 unspecified atom stereocenters. The molecular formula is C15H22N4S. The Labute approximate surface area is 124 Å². The van der Waals surface area contributed by atoms with Crippen molar-refractivity contribution >= 4 is 11.3 Å². The molecule has 0 radical (unpaired) electrons. The van der Waals surface area contributed by atoms with E-state index in [4.69, 9.17) is 0 Å². The Morgan fingerprint density at radius 3 is 2.70 bits per heavy atom. The smallest absolute Gasteiger partial charge is 0.122 e. The fraction of sp³-hybridized carbons (Fsp3) is 0.533. The monoisotopic (exact) mass is 290 g/mol. The van der Waals surface area contributed by atoms with E-state index in [0.29, 0.717) is 6.04 Å². The average molecular weight is 290 g/mol. The van der Waals surface area contributed by atoms with Crippen molar-refractivity contribution in [2.75, 3.05) is 26.2 Å². The first-order valence-corrected chi connectivity index (χ1v) is 8.13. The SMILES string of the molecule is CC(c1ccsc1)N1CCN(Cc2nccn2C)CC1. The molecule has 5 heteroatoms. The Hall–Kier alpha value is -1.17. The summed E-state index contributed by atoms with van der Waals surface area (Å²) in [5.74, 6) is 1.16. The van der Waals surface area contributed by atoms with Crippen molar-refractivity contribution in [2.24, 2.45) is 7.05 Å². The molecule has 0 spiro atoms. The second-order valence-electron chi connectivity index (χ2n) is 5.50. The highest BCUT2D eigenvalue weighted by atomic mass is 32.1. The first kappa shape index (κ1) is 13.8. The van der Waals surface area contributed by atoms with E-state index in [1.807, 2.05) is 12.4 Å². The number of nitrogens with zero attached hydrogens (tertiary/aromatic N) is 4. The minimum Gasteiger partial charge on any atom is -0.337 e. The molecule has 2 aromatic rings. The number of rotatable bonds is 4. The summed E-state index contributed by atoms with van der Waals surface area (Å²) in [6.45, 7) is 7.81. The third-order valence-electron chi connectivity index (χ3n) is 4.27. The van der Waals surface area contributed by atoms with E-state index >= 15 is 0 Å². The summed E-state index contributed by atoms with van der Waals surface area (Å²) in [5.41, 5.74) is 1.45. The van der Waals surface area contributed by atoms with Gasteiger partial charge in [-0.2, -0.15) is 11.3 Å². The maximum absolute atomic E-state index is 4.41. The highest BCUT2D eigenvalue weighted by molar-refractivity contribution is 7.07. The van der Waals surface area contributed by atoms with E-state index in [1.54, 1.807) is 11.3 Å². The molecule has 0 saturated carbocycles. The molecule has 108 valence electrons. The van der Waals surface area contributed by atoms with Crippen molar-refractivity contribution in [3.63, 3.8) is 0 Å². The van der Waals surface area contributed by atoms with E-state index in [2.05, 4.69) is 50.1 Å². The molecule has 2 aromatic heterocycles. The van der Waals surface area contributed by atoms with Gasteiger partial charge in [0.05, 0.1) is 6.54 Å². The van der Waals surface area contributed by atoms with Crippen molar-refractivity contribution in [3.05, 3.63) is 40.6 Å². The second kappa shape index (κ2) is 6.08. The topological polar surface area (TPSA) is 24.3 Å². The zero-order chi connectivity index (χ0) is 13.9. The van der Waals surface area contributed by atoms with Crippen LogP contribution in [-0.2, 0) is 13.6 Å². The van der Waals surface area contributed by atoms with Crippen molar-refractivity contribution < 1.29 is 0 Å². The van der Waals surface area contributed by atoms with Crippen molar-refractivity contribution in [1.82, 2.24) is 19.4 Å². The minimum atomic E-state index is 0.538. The molecular weight excluding hydrogens is 268 g/mol. The van der Waals surface area contributed by atoms with Gasteiger partial charge in [0, 0.05) is 51.7 Å². The molecule has 3 rings (SSSR count). The zero-order valence-corrected chi connectivity index (χ0v) is 13.0. The van der Waals surface area contributed by atoms with Crippen molar-refractivity contribution in [2.45, 2.75) is 19.5 Å². The molecule has 1 aliphatic rings. The molecule has 0 aliphatic carbocycles. The van der Waals surface area contributed by atoms with Gasteiger partial charge in [-0.25, -0.2) is 4.98 Å². The summed E-state index contributed by atoms with van der Waals surface area (Å²) < 4.78 is 2.11. The summed E-state index contributed by atoms with van der Waals surface area (Å²) >= 11 is 1.79. The van der Waals surface area contributed by atoms with Crippen LogP contribution in [0.1, 0.15) is 24.4 Å². The lowest BCUT2D eigenvalue weighted by atomic mass is 10.1. The summed E-state index contributed by atoms with van der Waals surface area (Å²) in [5, 5.41) is 4.44. The van der Waals surface area contributed by atoms with E-state index < -0.39 is 0 Å². The van der Waals surface area contributed by atoms with Gasteiger partial charge in [0.25, 0.3) is 0 Å². The quantitative estimate of drug-likeness (QED) is 0.864. The molecule has 1 fully saturated rings. The molecule has 1 aliphatic heterocycles. The number of hydrogen-bond acceptors (Lipinski definition) is 4. The van der Waals surface area contributed by atoms with Crippen LogP contribution in [0.3, 0.4) is 0 Å². The van der Waals surface area contributed by atoms with Gasteiger partial charge in [-0.3, -0.25) is 9.80 Å². The minimum absolute atomic E-state index is 0.538. The molecule has 4 nitrogen and oxygen atoms in total. The highest BCUT2D eigenvalue weighted by Crippen LogP contribution is 2.23. The van der Waals surface area contributed by atoms with Gasteiger partial charge in [-0.1, -0.05) is 0 Å². The molecule has 0 bridgehead atoms. The van der Waals surface area contributed by atoms with E-state index in [1.165, 1.54) is 5.56 Å². The van der Waals surface area contributed by atoms with Crippen LogP contribution in [0, 0.1) is 0 Å². The van der Waals surface area contributed by atoms with E-state index in [-0.39, 0.29) is 0 Å². The number of aryl methyl sites for hydroxylation is 1. The van der Waals surface area contributed by atoms with Crippen LogP contribution < -0.4 is 0 Å². The van der Waals surface area contributed by atoms with Crippen LogP contribution in [0.2, 0.25) is 0 Å². The third kappa shape index (κ3) is 2.95. The number of aromatic nitrogens is 2. The van der Waals surface area contributed by atoms with Crippen LogP contribution in [0.25, 0.3) is 0 Å². The molecule has 0 amide bonds. The standard InChI is InChI=1S/C15H22N4S/c1-13(14-3-10-20-12-14)19-8-6-18(7-9-19)11-15-16-4-5-17(15)2/h3-5,10,12-13H,6-9,11H2,1-2H3. The summed E-state index contributed by atoms with van der Waals surface area (Å²) in [7, 11) is 2.07. The predicted molar refractivity (Wildman–Crippen MR) is 82.8 cm³/mol. The van der Waals surface area contributed by atoms with Gasteiger partial charge in [0.15, 0.2) is 0 Å². The van der Waals surface area contributed by atoms with Crippen molar-refractivity contribution in [3.8, 4) is 0 Å². The number of thiophene rings is 1. The average Bonchev–Trinajstić information content (AvgIpc) is 3.12. The molecule has 1 saturated heterocycles. The van der Waals surface area contributed by atoms with Gasteiger partial charge in [-0.05, 0) is 29.3 Å². The Kier molecular flexibility index (Phi) is 4.19. The van der Waals surface area contributed by atoms with Crippen LogP contribution in [-0.4, -0.2) is 45.5 Å². The molecule has 0 N–H and O–H groups in total. The fourth-order valence-corrected chi connectivity index (χ4v) is 3.53. The first-order chi connectivity index (χ1) is 9.74. The lowest BCUT2D eigenvalue weighted by Crippen LogP contribution is -2.46. The normalized spacial score (nSPS) is 19.3. The number of imidazole rings is 1. The summed E-state index contributed by atoms with van der Waals surface area (Å²) in [6.07, 6.45) is 3.90. The van der Waals surface area contributed by atoms with Gasteiger partial charge in [-0.15, -0.1) is 0 Å². The third-order valence-corrected chi connectivity index (χ3v) is 4.97. The molecule has 20 heavy (non-hydrogen) atoms. The fourth-order valence-electron chi connectivity index (χ4n) is 2.78. The Morgan fingerprint density at radius 2 is 2.10 bits per heavy atom. The van der Waals surface area contributed by atoms with Crippen LogP contribution in [0.15, 0.2) is 29.2 Å². The lowest BCUT2D eigenvalue weighted by molar-refractivity contribution is 0.0958. The maximum Gasteiger partial charge on any atom is 0.122 e. The predicted octanol–water partition coefficient (Wildman–Crippen LogP) is 2.36. The van der Waals surface area contributed by atoms with Crippen LogP contribution in [0.5, 0.6) is 0 Å². The number of hydrogen-bond donors (Lipinski definition) is 0. The zero-order valence-electron chi connectivity index (χ0n) is 12.2. The Balaban J connectivity index is 1.53. The summed E-state index contributed by atoms with van der Waals surface area (Å²) in [6, 6.07) is 2.78. The Bertz CT molecular complexity index is 526. The van der Waals surface area contributed by atoms with E-state index in [9.17, 15) is 0 Å². The van der Waals surface area contributed by atoms with Gasteiger partial charge < -0.3 is 4.57 Å². The summed E-state index contributed by atoms with van der Waals surface area (Å²) in [4.78, 5) is 9.49. The molecule has 0 aromatic carbocycles. The van der Waals surface area contributed by atoms with Crippen molar-refractivity contribution in [1.29, 1.82) is 0 Å². The maximum atomic E-state index is 4.41. The molecule has 1 atom stereocenters. The van der Waals surface area contributed by atoms with Crippen LogP contribution in [0.4, 0.5) is 0 Å². The number of piperazine rings is 1. The van der Waals surface area contributed by atoms with Gasteiger partial charge in [0.2, 0.25) is 0 Å². The highest BCUT2D eigenvalue weighted by Gasteiger charge is 2.22. The van der Waals surface area contributed by atoms with Gasteiger partial charge in [0.1, 0.15) is 5.82 Å². The lowest BCUT2D eigenvalue weighted by Gasteiger charge is -2.37. The van der Waals surface area contributed by atoms with E-state index in [0.717, 1.165) is 38.5 Å². The Morgan fingerprint density at radius 1 is 1.30 bits per heavy atom. The first-order valence-electron chi connectivity index (χ1n) is 7.19. The van der Waals surface area contributed by atoms with Gasteiger partial charge >= 0.3 is 0 Å². The second-order valence-corrected chi connectivity index (χ2v) is 6.28. The van der Waals surface area contributed by atoms with Crippen LogP contribution >= 0.6 is 11.3 Å².